The second-order valence-electron chi connectivity index (χ2n) is 8.36. The van der Waals surface area contributed by atoms with Crippen LogP contribution in [0.2, 0.25) is 0 Å². The van der Waals surface area contributed by atoms with E-state index in [9.17, 15) is 24.3 Å². The molecule has 0 amide bonds. The monoisotopic (exact) mass is 529 g/mol. The van der Waals surface area contributed by atoms with Crippen LogP contribution < -0.4 is 9.47 Å². The van der Waals surface area contributed by atoms with E-state index < -0.39 is 53.6 Å². The second kappa shape index (κ2) is 13.2. The van der Waals surface area contributed by atoms with Gasteiger partial charge in [0.25, 0.3) is 5.79 Å². The average molecular weight is 530 g/mol. The normalized spacial score (nSPS) is 15.3. The topological polar surface area (TPSA) is 200 Å². The van der Waals surface area contributed by atoms with Gasteiger partial charge in [-0.3, -0.25) is 14.5 Å². The summed E-state index contributed by atoms with van der Waals surface area (Å²) in [6.45, 7) is 9.44. The number of carboxylic acid groups (broad SMARTS) is 4. The zero-order valence-corrected chi connectivity index (χ0v) is 21.3. The van der Waals surface area contributed by atoms with Crippen LogP contribution in [0.5, 0.6) is 11.5 Å². The molecule has 0 fully saturated rings. The molecule has 0 aromatic heterocycles. The van der Waals surface area contributed by atoms with Gasteiger partial charge >= 0.3 is 23.9 Å². The maximum atomic E-state index is 12.5. The predicted molar refractivity (Wildman–Crippen MR) is 128 cm³/mol. The lowest BCUT2D eigenvalue weighted by Gasteiger charge is -2.47. The Morgan fingerprint density at radius 1 is 0.892 bits per heavy atom. The number of aliphatic carboxylic acids is 4. The van der Waals surface area contributed by atoms with Crippen molar-refractivity contribution in [2.45, 2.75) is 63.9 Å². The van der Waals surface area contributed by atoms with E-state index in [1.54, 1.807) is 19.1 Å². The first-order valence-corrected chi connectivity index (χ1v) is 11.7. The van der Waals surface area contributed by atoms with Gasteiger partial charge in [-0.1, -0.05) is 26.0 Å². The van der Waals surface area contributed by atoms with Crippen molar-refractivity contribution in [2.75, 3.05) is 26.3 Å². The standard InChI is InChI=1S/C18H27NO5.C6H8O7/c1-5-19(6-2)18(16(20)21,12-13-22-7-3)17(4)23-14-10-8-9-11-15(14)24-17;7-3(8)1-6(13,5(11)12)2-4(9)10/h8-11H,5-7,12-13H2,1-4H3,(H,20,21);13H,1-2H2,(H,7,8)(H,9,10)(H,11,12). The number of benzene rings is 1. The number of likely N-dealkylation sites (N-methyl/N-ethyl adjacent to an activating group) is 1. The third-order valence-corrected chi connectivity index (χ3v) is 5.96. The quantitative estimate of drug-likeness (QED) is 0.217. The highest BCUT2D eigenvalue weighted by Gasteiger charge is 2.63. The summed E-state index contributed by atoms with van der Waals surface area (Å²) >= 11 is 0. The molecule has 0 saturated heterocycles. The Bertz CT molecular complexity index is 920. The minimum atomic E-state index is -2.74. The summed E-state index contributed by atoms with van der Waals surface area (Å²) in [4.78, 5) is 44.8. The van der Waals surface area contributed by atoms with Crippen LogP contribution in [0.15, 0.2) is 24.3 Å². The fraction of sp³-hybridized carbons (Fsp3) is 0.583. The van der Waals surface area contributed by atoms with Crippen molar-refractivity contribution in [1.29, 1.82) is 0 Å². The summed E-state index contributed by atoms with van der Waals surface area (Å²) in [7, 11) is 0. The van der Waals surface area contributed by atoms with E-state index in [0.29, 0.717) is 37.8 Å². The van der Waals surface area contributed by atoms with Gasteiger partial charge in [0.1, 0.15) is 0 Å². The van der Waals surface area contributed by atoms with Crippen molar-refractivity contribution in [2.24, 2.45) is 0 Å². The molecular weight excluding hydrogens is 494 g/mol. The predicted octanol–water partition coefficient (Wildman–Crippen LogP) is 1.52. The number of carboxylic acids is 4. The lowest BCUT2D eigenvalue weighted by molar-refractivity contribution is -0.206. The molecule has 13 nitrogen and oxygen atoms in total. The third kappa shape index (κ3) is 7.31. The van der Waals surface area contributed by atoms with Gasteiger partial charge in [-0.2, -0.15) is 0 Å². The highest BCUT2D eigenvalue weighted by molar-refractivity contribution is 5.88. The summed E-state index contributed by atoms with van der Waals surface area (Å²) in [5, 5.41) is 44.0. The number of rotatable bonds is 14. The van der Waals surface area contributed by atoms with Crippen LogP contribution in [0, 0.1) is 0 Å². The van der Waals surface area contributed by atoms with Gasteiger partial charge in [-0.05, 0) is 32.1 Å². The molecule has 0 saturated carbocycles. The molecule has 5 N–H and O–H groups in total. The lowest BCUT2D eigenvalue weighted by Crippen LogP contribution is -2.71. The molecule has 1 aliphatic rings. The molecule has 37 heavy (non-hydrogen) atoms. The van der Waals surface area contributed by atoms with Crippen LogP contribution in [0.1, 0.15) is 47.0 Å². The Morgan fingerprint density at radius 3 is 1.68 bits per heavy atom. The molecule has 0 spiro atoms. The first kappa shape index (κ1) is 31.6. The largest absolute Gasteiger partial charge is 0.481 e. The fourth-order valence-electron chi connectivity index (χ4n) is 4.18. The zero-order valence-electron chi connectivity index (χ0n) is 21.3. The van der Waals surface area contributed by atoms with Gasteiger partial charge in [-0.15, -0.1) is 0 Å². The van der Waals surface area contributed by atoms with Crippen LogP contribution in [0.25, 0.3) is 0 Å². The van der Waals surface area contributed by atoms with Crippen LogP contribution in [0.4, 0.5) is 0 Å². The Hall–Kier alpha value is -3.42. The number of aliphatic hydroxyl groups is 1. The molecule has 1 aliphatic heterocycles. The Kier molecular flexibility index (Phi) is 11.3. The van der Waals surface area contributed by atoms with Crippen LogP contribution in [0.3, 0.4) is 0 Å². The van der Waals surface area contributed by atoms with Crippen molar-refractivity contribution in [1.82, 2.24) is 4.90 Å². The Morgan fingerprint density at radius 2 is 1.35 bits per heavy atom. The van der Waals surface area contributed by atoms with Crippen LogP contribution >= 0.6 is 0 Å². The third-order valence-electron chi connectivity index (χ3n) is 5.96. The van der Waals surface area contributed by atoms with E-state index in [1.165, 1.54) is 0 Å². The SMILES string of the molecule is CCOCCC(C(=O)O)(N(CC)CC)C1(C)Oc2ccccc2O1.O=C(O)CC(O)(CC(=O)O)C(=O)O. The minimum absolute atomic E-state index is 0.266. The molecule has 1 aromatic rings. The smallest absolute Gasteiger partial charge is 0.336 e. The van der Waals surface area contributed by atoms with Crippen LogP contribution in [-0.4, -0.2) is 97.5 Å². The molecule has 0 radical (unpaired) electrons. The number of carbonyl (C=O) groups is 4. The van der Waals surface area contributed by atoms with Crippen molar-refractivity contribution < 1.29 is 58.9 Å². The number of fused-ring (bicyclic) bond motifs is 1. The van der Waals surface area contributed by atoms with Gasteiger partial charge in [0.15, 0.2) is 22.6 Å². The molecule has 2 rings (SSSR count). The fourth-order valence-corrected chi connectivity index (χ4v) is 4.18. The number of para-hydroxylation sites is 2. The first-order valence-electron chi connectivity index (χ1n) is 11.7. The van der Waals surface area contributed by atoms with E-state index in [1.807, 2.05) is 37.8 Å². The molecule has 1 atom stereocenters. The van der Waals surface area contributed by atoms with E-state index in [2.05, 4.69) is 0 Å². The summed E-state index contributed by atoms with van der Waals surface area (Å²) in [5.41, 5.74) is -4.09. The highest BCUT2D eigenvalue weighted by Crippen LogP contribution is 2.46. The molecule has 1 unspecified atom stereocenters. The molecular formula is C24H35NO12. The average Bonchev–Trinajstić information content (AvgIpc) is 3.15. The molecule has 1 aromatic carbocycles. The number of hydrogen-bond acceptors (Lipinski definition) is 9. The maximum Gasteiger partial charge on any atom is 0.336 e. The molecule has 0 bridgehead atoms. The number of hydrogen-bond donors (Lipinski definition) is 5. The molecule has 208 valence electrons. The van der Waals surface area contributed by atoms with Gasteiger partial charge in [0.2, 0.25) is 0 Å². The van der Waals surface area contributed by atoms with E-state index in [0.717, 1.165) is 0 Å². The molecule has 0 aliphatic carbocycles. The minimum Gasteiger partial charge on any atom is -0.481 e. The summed E-state index contributed by atoms with van der Waals surface area (Å²) < 4.78 is 17.5. The lowest BCUT2D eigenvalue weighted by atomic mass is 9.84. The Labute approximate surface area is 214 Å². The summed E-state index contributed by atoms with van der Waals surface area (Å²) in [5.74, 6) is -6.20. The maximum absolute atomic E-state index is 12.5. The summed E-state index contributed by atoms with van der Waals surface area (Å²) in [6.07, 6.45) is -2.02. The van der Waals surface area contributed by atoms with Gasteiger partial charge in [0.05, 0.1) is 12.8 Å². The van der Waals surface area contributed by atoms with E-state index in [4.69, 9.17) is 34.6 Å². The molecule has 1 heterocycles. The van der Waals surface area contributed by atoms with Crippen molar-refractivity contribution in [3.63, 3.8) is 0 Å². The van der Waals surface area contributed by atoms with Gasteiger partial charge < -0.3 is 39.7 Å². The van der Waals surface area contributed by atoms with E-state index >= 15 is 0 Å². The van der Waals surface area contributed by atoms with Crippen molar-refractivity contribution in [3.8, 4) is 11.5 Å². The highest BCUT2D eigenvalue weighted by atomic mass is 16.7. The molecule has 13 heteroatoms. The van der Waals surface area contributed by atoms with Crippen molar-refractivity contribution >= 4 is 23.9 Å². The van der Waals surface area contributed by atoms with Crippen LogP contribution in [-0.2, 0) is 23.9 Å². The summed E-state index contributed by atoms with van der Waals surface area (Å²) in [6, 6.07) is 7.26. The van der Waals surface area contributed by atoms with Gasteiger partial charge in [-0.25, -0.2) is 9.59 Å². The number of nitrogens with zero attached hydrogens (tertiary/aromatic N) is 1. The zero-order chi connectivity index (χ0) is 28.4. The second-order valence-corrected chi connectivity index (χ2v) is 8.36. The van der Waals surface area contributed by atoms with Crippen molar-refractivity contribution in [3.05, 3.63) is 24.3 Å². The number of ether oxygens (including phenoxy) is 3. The van der Waals surface area contributed by atoms with Gasteiger partial charge in [0, 0.05) is 26.6 Å². The Balaban J connectivity index is 0.000000448. The first-order chi connectivity index (χ1) is 17.2. The van der Waals surface area contributed by atoms with E-state index in [-0.39, 0.29) is 6.42 Å².